The van der Waals surface area contributed by atoms with Gasteiger partial charge in [-0.25, -0.2) is 4.98 Å². The van der Waals surface area contributed by atoms with Gasteiger partial charge in [-0.2, -0.15) is 5.26 Å². The maximum atomic E-state index is 10.5. The Morgan fingerprint density at radius 2 is 2.47 bits per heavy atom. The topological polar surface area (TPSA) is 112 Å². The monoisotopic (exact) mass is 206 g/mol. The average Bonchev–Trinajstić information content (AvgIpc) is 2.26. The van der Waals surface area contributed by atoms with Crippen LogP contribution < -0.4 is 11.1 Å². The van der Waals surface area contributed by atoms with Crippen molar-refractivity contribution in [2.45, 2.75) is 6.10 Å². The van der Waals surface area contributed by atoms with Crippen LogP contribution in [0.1, 0.15) is 5.56 Å². The van der Waals surface area contributed by atoms with E-state index in [1.54, 1.807) is 12.1 Å². The van der Waals surface area contributed by atoms with Gasteiger partial charge in [0, 0.05) is 6.20 Å². The molecule has 15 heavy (non-hydrogen) atoms. The van der Waals surface area contributed by atoms with Gasteiger partial charge in [0.1, 0.15) is 18.0 Å². The minimum Gasteiger partial charge on any atom is -0.381 e. The van der Waals surface area contributed by atoms with Crippen molar-refractivity contribution in [1.82, 2.24) is 4.98 Å². The fraction of sp³-hybridized carbons (Fsp3) is 0.222. The fourth-order valence-electron chi connectivity index (χ4n) is 0.866. The standard InChI is InChI=1S/C9H10N4O2/c10-3-6-1-2-8(12-4-6)13-5-7(14)9(11)15/h1-2,4,7,14H,5H2,(H2,11,15)(H,12,13). The van der Waals surface area contributed by atoms with Crippen molar-refractivity contribution < 1.29 is 9.90 Å². The van der Waals surface area contributed by atoms with E-state index in [2.05, 4.69) is 10.3 Å². The molecule has 0 aliphatic carbocycles. The number of primary amides is 1. The number of pyridine rings is 1. The Balaban J connectivity index is 2.52. The van der Waals surface area contributed by atoms with Crippen molar-refractivity contribution in [2.24, 2.45) is 5.73 Å². The second-order valence-corrected chi connectivity index (χ2v) is 2.84. The number of anilines is 1. The molecule has 0 aliphatic heterocycles. The zero-order valence-corrected chi connectivity index (χ0v) is 7.84. The van der Waals surface area contributed by atoms with Crippen LogP contribution in [0.15, 0.2) is 18.3 Å². The summed E-state index contributed by atoms with van der Waals surface area (Å²) in [7, 11) is 0. The van der Waals surface area contributed by atoms with Crippen molar-refractivity contribution in [2.75, 3.05) is 11.9 Å². The molecular weight excluding hydrogens is 196 g/mol. The minimum atomic E-state index is -1.25. The molecule has 0 saturated carbocycles. The number of carbonyl (C=O) groups excluding carboxylic acids is 1. The normalized spacial score (nSPS) is 11.5. The highest BCUT2D eigenvalue weighted by atomic mass is 16.3. The number of aliphatic hydroxyl groups excluding tert-OH is 1. The molecule has 0 fully saturated rings. The van der Waals surface area contributed by atoms with Crippen LogP contribution in [-0.4, -0.2) is 28.6 Å². The number of rotatable bonds is 4. The minimum absolute atomic E-state index is 0.00572. The first-order valence-electron chi connectivity index (χ1n) is 4.21. The van der Waals surface area contributed by atoms with Gasteiger partial charge in [-0.05, 0) is 12.1 Å². The Morgan fingerprint density at radius 1 is 1.73 bits per heavy atom. The van der Waals surface area contributed by atoms with Crippen LogP contribution >= 0.6 is 0 Å². The summed E-state index contributed by atoms with van der Waals surface area (Å²) in [6.45, 7) is -0.00572. The SMILES string of the molecule is N#Cc1ccc(NCC(O)C(N)=O)nc1. The van der Waals surface area contributed by atoms with Crippen LogP contribution in [0.5, 0.6) is 0 Å². The Hall–Kier alpha value is -2.13. The van der Waals surface area contributed by atoms with Crippen molar-refractivity contribution in [3.63, 3.8) is 0 Å². The zero-order valence-electron chi connectivity index (χ0n) is 7.84. The molecule has 1 atom stereocenters. The van der Waals surface area contributed by atoms with Crippen LogP contribution in [0.2, 0.25) is 0 Å². The number of nitrogens with one attached hydrogen (secondary N) is 1. The van der Waals surface area contributed by atoms with E-state index in [1.807, 2.05) is 6.07 Å². The van der Waals surface area contributed by atoms with Crippen LogP contribution in [0.4, 0.5) is 5.82 Å². The van der Waals surface area contributed by atoms with Gasteiger partial charge in [0.15, 0.2) is 0 Å². The molecule has 0 radical (unpaired) electrons. The molecule has 0 aliphatic rings. The van der Waals surface area contributed by atoms with Crippen molar-refractivity contribution in [3.8, 4) is 6.07 Å². The number of nitrogens with zero attached hydrogens (tertiary/aromatic N) is 2. The maximum absolute atomic E-state index is 10.5. The molecule has 0 aromatic carbocycles. The molecule has 6 heteroatoms. The highest BCUT2D eigenvalue weighted by molar-refractivity contribution is 5.79. The molecule has 0 saturated heterocycles. The molecule has 1 amide bonds. The Kier molecular flexibility index (Phi) is 3.60. The summed E-state index contributed by atoms with van der Waals surface area (Å²) in [6, 6.07) is 5.07. The Morgan fingerprint density at radius 3 is 2.93 bits per heavy atom. The third-order valence-electron chi connectivity index (χ3n) is 1.70. The van der Waals surface area contributed by atoms with Crippen molar-refractivity contribution >= 4 is 11.7 Å². The molecule has 0 bridgehead atoms. The van der Waals surface area contributed by atoms with Crippen LogP contribution in [0.3, 0.4) is 0 Å². The van der Waals surface area contributed by atoms with Crippen molar-refractivity contribution in [1.29, 1.82) is 5.26 Å². The smallest absolute Gasteiger partial charge is 0.248 e. The summed E-state index contributed by atoms with van der Waals surface area (Å²) in [6.07, 6.45) is 0.140. The molecular formula is C9H10N4O2. The third-order valence-corrected chi connectivity index (χ3v) is 1.70. The van der Waals surface area contributed by atoms with E-state index < -0.39 is 12.0 Å². The summed E-state index contributed by atoms with van der Waals surface area (Å²) in [5.74, 6) is -0.328. The highest BCUT2D eigenvalue weighted by Gasteiger charge is 2.09. The first-order valence-corrected chi connectivity index (χ1v) is 4.21. The molecule has 0 spiro atoms. The van der Waals surface area contributed by atoms with Crippen LogP contribution in [0, 0.1) is 11.3 Å². The Bertz CT molecular complexity index is 382. The lowest BCUT2D eigenvalue weighted by Gasteiger charge is -2.08. The summed E-state index contributed by atoms with van der Waals surface area (Å²) < 4.78 is 0. The lowest BCUT2D eigenvalue weighted by Crippen LogP contribution is -2.34. The average molecular weight is 206 g/mol. The first kappa shape index (κ1) is 10.9. The molecule has 1 aromatic heterocycles. The number of aliphatic hydroxyl groups is 1. The number of carbonyl (C=O) groups is 1. The van der Waals surface area contributed by atoms with Gasteiger partial charge < -0.3 is 16.2 Å². The van der Waals surface area contributed by atoms with Crippen LogP contribution in [0.25, 0.3) is 0 Å². The van der Waals surface area contributed by atoms with E-state index in [9.17, 15) is 4.79 Å². The number of hydrogen-bond donors (Lipinski definition) is 3. The number of aromatic nitrogens is 1. The molecule has 1 rings (SSSR count). The number of amides is 1. The first-order chi connectivity index (χ1) is 7.13. The van der Waals surface area contributed by atoms with Gasteiger partial charge in [-0.15, -0.1) is 0 Å². The van der Waals surface area contributed by atoms with Gasteiger partial charge in [0.25, 0.3) is 0 Å². The van der Waals surface area contributed by atoms with Gasteiger partial charge in [0.2, 0.25) is 5.91 Å². The third kappa shape index (κ3) is 3.25. The molecule has 4 N–H and O–H groups in total. The van der Waals surface area contributed by atoms with Crippen LogP contribution in [-0.2, 0) is 4.79 Å². The number of nitrogens with two attached hydrogens (primary N) is 1. The second kappa shape index (κ2) is 4.93. The predicted molar refractivity (Wildman–Crippen MR) is 52.6 cm³/mol. The summed E-state index contributed by atoms with van der Waals surface area (Å²) >= 11 is 0. The second-order valence-electron chi connectivity index (χ2n) is 2.84. The maximum Gasteiger partial charge on any atom is 0.248 e. The molecule has 1 heterocycles. The molecule has 1 unspecified atom stereocenters. The van der Waals surface area contributed by atoms with E-state index in [-0.39, 0.29) is 6.54 Å². The molecule has 1 aromatic rings. The van der Waals surface area contributed by atoms with E-state index in [4.69, 9.17) is 16.1 Å². The van der Waals surface area contributed by atoms with Gasteiger partial charge >= 0.3 is 0 Å². The molecule has 6 nitrogen and oxygen atoms in total. The zero-order chi connectivity index (χ0) is 11.3. The number of nitriles is 1. The summed E-state index contributed by atoms with van der Waals surface area (Å²) in [5, 5.41) is 20.3. The van der Waals surface area contributed by atoms with E-state index in [0.717, 1.165) is 0 Å². The van der Waals surface area contributed by atoms with Gasteiger partial charge in [0.05, 0.1) is 12.1 Å². The lowest BCUT2D eigenvalue weighted by atomic mass is 10.3. The van der Waals surface area contributed by atoms with Gasteiger partial charge in [-0.3, -0.25) is 4.79 Å². The van der Waals surface area contributed by atoms with Crippen molar-refractivity contribution in [3.05, 3.63) is 23.9 Å². The summed E-state index contributed by atoms with van der Waals surface area (Å²) in [4.78, 5) is 14.4. The van der Waals surface area contributed by atoms with E-state index in [1.165, 1.54) is 6.20 Å². The van der Waals surface area contributed by atoms with E-state index in [0.29, 0.717) is 11.4 Å². The van der Waals surface area contributed by atoms with Gasteiger partial charge in [-0.1, -0.05) is 0 Å². The quantitative estimate of drug-likeness (QED) is 0.597. The lowest BCUT2D eigenvalue weighted by molar-refractivity contribution is -0.125. The largest absolute Gasteiger partial charge is 0.381 e. The fourth-order valence-corrected chi connectivity index (χ4v) is 0.866. The Labute approximate surface area is 86.3 Å². The number of hydrogen-bond acceptors (Lipinski definition) is 5. The highest BCUT2D eigenvalue weighted by Crippen LogP contribution is 2.03. The molecule has 78 valence electrons. The van der Waals surface area contributed by atoms with E-state index >= 15 is 0 Å². The summed E-state index contributed by atoms with van der Waals surface area (Å²) in [5.41, 5.74) is 5.29. The predicted octanol–water partition coefficient (Wildman–Crippen LogP) is -0.789.